The molecule has 0 bridgehead atoms. The predicted octanol–water partition coefficient (Wildman–Crippen LogP) is 10.5. The second-order valence-corrected chi connectivity index (χ2v) is 15.4. The SMILES string of the molecule is CC.CC1=CC(C(C)(C)C(C)(C)C2CC3C(C)(C)C34CCC24C)CC(C)C2CC(=C(C)C)CC12. The molecular formula is C34H58. The van der Waals surface area contributed by atoms with Gasteiger partial charge in [0.05, 0.1) is 0 Å². The zero-order valence-electron chi connectivity index (χ0n) is 25.3. The van der Waals surface area contributed by atoms with E-state index in [2.05, 4.69) is 82.2 Å². The zero-order valence-corrected chi connectivity index (χ0v) is 25.3. The van der Waals surface area contributed by atoms with Gasteiger partial charge in [-0.3, -0.25) is 0 Å². The Labute approximate surface area is 213 Å². The van der Waals surface area contributed by atoms with E-state index in [-0.39, 0.29) is 0 Å². The van der Waals surface area contributed by atoms with Crippen LogP contribution < -0.4 is 0 Å². The van der Waals surface area contributed by atoms with Crippen LogP contribution in [-0.2, 0) is 0 Å². The van der Waals surface area contributed by atoms with Crippen molar-refractivity contribution in [3.8, 4) is 0 Å². The van der Waals surface area contributed by atoms with E-state index in [1.165, 1.54) is 38.5 Å². The Kier molecular flexibility index (Phi) is 6.24. The van der Waals surface area contributed by atoms with E-state index in [4.69, 9.17) is 0 Å². The molecule has 0 aromatic heterocycles. The number of hydrogen-bond donors (Lipinski definition) is 0. The molecular weight excluding hydrogens is 408 g/mol. The number of rotatable bonds is 3. The lowest BCUT2D eigenvalue weighted by Crippen LogP contribution is -2.54. The van der Waals surface area contributed by atoms with E-state index in [0.717, 1.165) is 29.6 Å². The molecule has 0 saturated heterocycles. The maximum Gasteiger partial charge on any atom is -0.0135 e. The highest BCUT2D eigenvalue weighted by Crippen LogP contribution is 2.93. The monoisotopic (exact) mass is 466 g/mol. The maximum atomic E-state index is 2.79. The third-order valence-corrected chi connectivity index (χ3v) is 13.9. The third kappa shape index (κ3) is 3.08. The van der Waals surface area contributed by atoms with Crippen molar-refractivity contribution >= 4 is 0 Å². The van der Waals surface area contributed by atoms with E-state index in [1.54, 1.807) is 16.7 Å². The summed E-state index contributed by atoms with van der Waals surface area (Å²) >= 11 is 0. The fraction of sp³-hybridized carbons (Fsp3) is 0.882. The molecule has 194 valence electrons. The van der Waals surface area contributed by atoms with Crippen molar-refractivity contribution in [1.82, 2.24) is 0 Å². The minimum atomic E-state index is 0.325. The lowest BCUT2D eigenvalue weighted by atomic mass is 9.43. The average Bonchev–Trinajstić information content (AvgIpc) is 3.02. The summed E-state index contributed by atoms with van der Waals surface area (Å²) in [6, 6.07) is 0. The molecule has 0 nitrogen and oxygen atoms in total. The first-order chi connectivity index (χ1) is 15.6. The van der Waals surface area contributed by atoms with Crippen molar-refractivity contribution in [3.63, 3.8) is 0 Å². The third-order valence-electron chi connectivity index (χ3n) is 13.9. The Morgan fingerprint density at radius 2 is 1.53 bits per heavy atom. The van der Waals surface area contributed by atoms with Gasteiger partial charge in [-0.05, 0) is 122 Å². The lowest BCUT2D eigenvalue weighted by Gasteiger charge is -2.61. The molecule has 5 aliphatic carbocycles. The van der Waals surface area contributed by atoms with Gasteiger partial charge in [0.2, 0.25) is 0 Å². The van der Waals surface area contributed by atoms with Gasteiger partial charge in [0.1, 0.15) is 0 Å². The molecule has 8 atom stereocenters. The molecule has 0 heteroatoms. The van der Waals surface area contributed by atoms with Gasteiger partial charge in [0, 0.05) is 0 Å². The van der Waals surface area contributed by atoms with E-state index in [9.17, 15) is 0 Å². The van der Waals surface area contributed by atoms with Crippen LogP contribution in [0.25, 0.3) is 0 Å². The van der Waals surface area contributed by atoms with Gasteiger partial charge in [-0.2, -0.15) is 0 Å². The van der Waals surface area contributed by atoms with E-state index >= 15 is 0 Å². The van der Waals surface area contributed by atoms with Crippen molar-refractivity contribution in [2.24, 2.45) is 62.6 Å². The molecule has 0 aromatic carbocycles. The minimum Gasteiger partial charge on any atom is -0.0816 e. The zero-order chi connectivity index (χ0) is 25.6. The Balaban J connectivity index is 0.00000133. The molecule has 5 rings (SSSR count). The quantitative estimate of drug-likeness (QED) is 0.363. The maximum absolute atomic E-state index is 2.79. The molecule has 0 heterocycles. The molecule has 4 saturated carbocycles. The highest BCUT2D eigenvalue weighted by Gasteiger charge is 2.87. The summed E-state index contributed by atoms with van der Waals surface area (Å²) in [5, 5.41) is 0. The van der Waals surface area contributed by atoms with Crippen LogP contribution in [0.15, 0.2) is 22.8 Å². The molecule has 1 spiro atoms. The van der Waals surface area contributed by atoms with Crippen molar-refractivity contribution in [2.45, 2.75) is 129 Å². The van der Waals surface area contributed by atoms with Crippen LogP contribution in [0.3, 0.4) is 0 Å². The Morgan fingerprint density at radius 1 is 0.912 bits per heavy atom. The molecule has 0 N–H and O–H groups in total. The number of fused-ring (bicyclic) bond motifs is 1. The first-order valence-electron chi connectivity index (χ1n) is 15.0. The van der Waals surface area contributed by atoms with Crippen molar-refractivity contribution in [2.75, 3.05) is 0 Å². The highest BCUT2D eigenvalue weighted by atomic mass is 14.9. The van der Waals surface area contributed by atoms with E-state index in [0.29, 0.717) is 33.0 Å². The lowest BCUT2D eigenvalue weighted by molar-refractivity contribution is -0.124. The normalized spacial score (nSPS) is 44.5. The topological polar surface area (TPSA) is 0 Å². The number of hydrogen-bond acceptors (Lipinski definition) is 0. The van der Waals surface area contributed by atoms with Gasteiger partial charge >= 0.3 is 0 Å². The second-order valence-electron chi connectivity index (χ2n) is 15.4. The largest absolute Gasteiger partial charge is 0.0816 e. The van der Waals surface area contributed by atoms with Crippen LogP contribution in [0.5, 0.6) is 0 Å². The van der Waals surface area contributed by atoms with Crippen LogP contribution in [0.4, 0.5) is 0 Å². The first kappa shape index (κ1) is 26.5. The molecule has 34 heavy (non-hydrogen) atoms. The standard InChI is InChI=1S/C32H52.C2H6/c1-19(2)22-16-24-20(3)14-23(15-21(4)25(24)17-22)28(5,6)29(7,8)26-18-27-30(9,10)32(27)13-12-31(26,32)11;1-2/h14,21,23-27H,12-13,15-18H2,1-11H3;1-2H3. The Bertz CT molecular complexity index is 874. The van der Waals surface area contributed by atoms with E-state index < -0.39 is 0 Å². The summed E-state index contributed by atoms with van der Waals surface area (Å²) in [6.45, 7) is 32.3. The van der Waals surface area contributed by atoms with Gasteiger partial charge in [0.25, 0.3) is 0 Å². The van der Waals surface area contributed by atoms with Crippen LogP contribution >= 0.6 is 0 Å². The summed E-state index contributed by atoms with van der Waals surface area (Å²) in [4.78, 5) is 0. The van der Waals surface area contributed by atoms with Gasteiger partial charge in [-0.25, -0.2) is 0 Å². The van der Waals surface area contributed by atoms with Gasteiger partial charge in [-0.1, -0.05) is 92.0 Å². The summed E-state index contributed by atoms with van der Waals surface area (Å²) in [5.41, 5.74) is 7.60. The van der Waals surface area contributed by atoms with Gasteiger partial charge in [0.15, 0.2) is 0 Å². The van der Waals surface area contributed by atoms with Crippen LogP contribution in [0, 0.1) is 62.6 Å². The predicted molar refractivity (Wildman–Crippen MR) is 150 cm³/mol. The average molecular weight is 467 g/mol. The summed E-state index contributed by atoms with van der Waals surface area (Å²) in [5.74, 6) is 5.06. The fourth-order valence-electron chi connectivity index (χ4n) is 10.9. The van der Waals surface area contributed by atoms with Gasteiger partial charge in [-0.15, -0.1) is 0 Å². The second kappa shape index (κ2) is 7.99. The molecule has 0 radical (unpaired) electrons. The van der Waals surface area contributed by atoms with Crippen molar-refractivity contribution < 1.29 is 0 Å². The Morgan fingerprint density at radius 3 is 2.03 bits per heavy atom. The first-order valence-corrected chi connectivity index (χ1v) is 15.0. The molecule has 8 unspecified atom stereocenters. The summed E-state index contributed by atoms with van der Waals surface area (Å²) in [6.07, 6.45) is 11.3. The van der Waals surface area contributed by atoms with Gasteiger partial charge < -0.3 is 0 Å². The summed E-state index contributed by atoms with van der Waals surface area (Å²) in [7, 11) is 0. The van der Waals surface area contributed by atoms with Crippen LogP contribution in [-0.4, -0.2) is 0 Å². The smallest absolute Gasteiger partial charge is 0.0135 e. The van der Waals surface area contributed by atoms with Crippen LogP contribution in [0.2, 0.25) is 0 Å². The van der Waals surface area contributed by atoms with E-state index in [1.807, 2.05) is 13.8 Å². The van der Waals surface area contributed by atoms with Crippen LogP contribution in [0.1, 0.15) is 129 Å². The molecule has 0 aromatic rings. The van der Waals surface area contributed by atoms with Crippen molar-refractivity contribution in [1.29, 1.82) is 0 Å². The molecule has 0 amide bonds. The summed E-state index contributed by atoms with van der Waals surface area (Å²) < 4.78 is 0. The Hall–Kier alpha value is -0.520. The fourth-order valence-corrected chi connectivity index (χ4v) is 10.9. The van der Waals surface area contributed by atoms with Crippen molar-refractivity contribution in [3.05, 3.63) is 22.8 Å². The molecule has 0 aliphatic heterocycles. The number of allylic oxidation sites excluding steroid dienone is 4. The molecule has 4 fully saturated rings. The minimum absolute atomic E-state index is 0.325. The highest BCUT2D eigenvalue weighted by molar-refractivity contribution is 5.35. The molecule has 5 aliphatic rings.